The zero-order valence-corrected chi connectivity index (χ0v) is 12.2. The summed E-state index contributed by atoms with van der Waals surface area (Å²) in [5.41, 5.74) is -0.554. The van der Waals surface area contributed by atoms with Gasteiger partial charge in [-0.2, -0.15) is 0 Å². The first-order chi connectivity index (χ1) is 7.75. The van der Waals surface area contributed by atoms with Crippen LogP contribution in [0.4, 0.5) is 0 Å². The summed E-state index contributed by atoms with van der Waals surface area (Å²) < 4.78 is 27.2. The maximum absolute atomic E-state index is 12.0. The van der Waals surface area contributed by atoms with Crippen LogP contribution in [-0.2, 0) is 23.1 Å². The van der Waals surface area contributed by atoms with E-state index in [9.17, 15) is 9.36 Å². The molecule has 0 aliphatic carbocycles. The lowest BCUT2D eigenvalue weighted by atomic mass is 9.97. The Kier molecular flexibility index (Phi) is 6.98. The number of ether oxygens (including phenoxy) is 1. The molecule has 0 aromatic rings. The molecule has 0 N–H and O–H groups in total. The van der Waals surface area contributed by atoms with Gasteiger partial charge in [0.25, 0.3) is 0 Å². The van der Waals surface area contributed by atoms with Gasteiger partial charge in [-0.1, -0.05) is 0 Å². The molecule has 0 radical (unpaired) electrons. The molecule has 0 bridgehead atoms. The number of carbonyl (C=O) groups excluding carboxylic acids is 1. The molecule has 0 saturated carbocycles. The second kappa shape index (κ2) is 7.14. The SMILES string of the molecule is CCOP(=O)(CCOC(=O)C(C)(C)C)OCC. The van der Waals surface area contributed by atoms with Gasteiger partial charge in [0.15, 0.2) is 0 Å². The molecule has 0 aliphatic rings. The van der Waals surface area contributed by atoms with E-state index < -0.39 is 13.0 Å². The van der Waals surface area contributed by atoms with E-state index in [4.69, 9.17) is 13.8 Å². The smallest absolute Gasteiger partial charge is 0.334 e. The van der Waals surface area contributed by atoms with E-state index in [0.29, 0.717) is 13.2 Å². The Morgan fingerprint density at radius 2 is 1.59 bits per heavy atom. The molecule has 17 heavy (non-hydrogen) atoms. The third-order valence-electron chi connectivity index (χ3n) is 1.86. The summed E-state index contributed by atoms with van der Waals surface area (Å²) in [5.74, 6) is -0.322. The van der Waals surface area contributed by atoms with Crippen molar-refractivity contribution in [1.29, 1.82) is 0 Å². The van der Waals surface area contributed by atoms with Crippen LogP contribution in [0.5, 0.6) is 0 Å². The molecule has 0 rings (SSSR count). The standard InChI is InChI=1S/C11H23O5P/c1-6-15-17(13,16-7-2)9-8-14-10(12)11(3,4)5/h6-9H2,1-5H3. The lowest BCUT2D eigenvalue weighted by molar-refractivity contribution is -0.152. The molecular formula is C11H23O5P. The van der Waals surface area contributed by atoms with Gasteiger partial charge in [0, 0.05) is 0 Å². The van der Waals surface area contributed by atoms with E-state index in [-0.39, 0.29) is 18.7 Å². The highest BCUT2D eigenvalue weighted by Crippen LogP contribution is 2.47. The quantitative estimate of drug-likeness (QED) is 0.523. The number of carbonyl (C=O) groups is 1. The molecule has 0 fully saturated rings. The number of hydrogen-bond donors (Lipinski definition) is 0. The maximum atomic E-state index is 12.0. The fraction of sp³-hybridized carbons (Fsp3) is 0.909. The summed E-state index contributed by atoms with van der Waals surface area (Å²) in [7, 11) is -3.11. The van der Waals surface area contributed by atoms with Crippen molar-refractivity contribution in [2.24, 2.45) is 5.41 Å². The summed E-state index contributed by atoms with van der Waals surface area (Å²) in [6, 6.07) is 0. The molecule has 0 amide bonds. The van der Waals surface area contributed by atoms with Crippen LogP contribution in [0.1, 0.15) is 34.6 Å². The van der Waals surface area contributed by atoms with Crippen molar-refractivity contribution in [2.45, 2.75) is 34.6 Å². The van der Waals surface area contributed by atoms with Crippen molar-refractivity contribution < 1.29 is 23.1 Å². The van der Waals surface area contributed by atoms with Crippen LogP contribution in [0.3, 0.4) is 0 Å². The molecule has 0 heterocycles. The summed E-state index contributed by atoms with van der Waals surface area (Å²) in [6.45, 7) is 9.45. The third-order valence-corrected chi connectivity index (χ3v) is 3.90. The van der Waals surface area contributed by atoms with Gasteiger partial charge < -0.3 is 13.8 Å². The molecule has 0 aromatic carbocycles. The molecule has 0 atom stereocenters. The first-order valence-electron chi connectivity index (χ1n) is 5.80. The van der Waals surface area contributed by atoms with Gasteiger partial charge in [0.1, 0.15) is 6.61 Å². The van der Waals surface area contributed by atoms with Crippen LogP contribution < -0.4 is 0 Å². The van der Waals surface area contributed by atoms with Gasteiger partial charge in [-0.25, -0.2) is 0 Å². The minimum absolute atomic E-state index is 0.0490. The summed E-state index contributed by atoms with van der Waals surface area (Å²) in [5, 5.41) is 0. The van der Waals surface area contributed by atoms with Crippen molar-refractivity contribution in [1.82, 2.24) is 0 Å². The summed E-state index contributed by atoms with van der Waals surface area (Å²) in [4.78, 5) is 11.5. The van der Waals surface area contributed by atoms with Crippen molar-refractivity contribution in [3.05, 3.63) is 0 Å². The number of rotatable bonds is 7. The average molecular weight is 266 g/mol. The molecule has 0 aromatic heterocycles. The Labute approximate surface area is 103 Å². The first-order valence-corrected chi connectivity index (χ1v) is 7.53. The topological polar surface area (TPSA) is 61.8 Å². The van der Waals surface area contributed by atoms with E-state index in [1.165, 1.54) is 0 Å². The maximum Gasteiger partial charge on any atom is 0.334 e. The van der Waals surface area contributed by atoms with Crippen LogP contribution in [0.15, 0.2) is 0 Å². The van der Waals surface area contributed by atoms with E-state index >= 15 is 0 Å². The number of esters is 1. The molecule has 102 valence electrons. The molecular weight excluding hydrogens is 243 g/mol. The van der Waals surface area contributed by atoms with Crippen molar-refractivity contribution in [3.63, 3.8) is 0 Å². The average Bonchev–Trinajstić information content (AvgIpc) is 2.16. The lowest BCUT2D eigenvalue weighted by Gasteiger charge is -2.19. The highest BCUT2D eigenvalue weighted by Gasteiger charge is 2.27. The van der Waals surface area contributed by atoms with Gasteiger partial charge >= 0.3 is 13.6 Å². The minimum Gasteiger partial charge on any atom is -0.465 e. The van der Waals surface area contributed by atoms with Crippen LogP contribution in [0, 0.1) is 5.41 Å². The molecule has 0 saturated heterocycles. The molecule has 0 spiro atoms. The van der Waals surface area contributed by atoms with E-state index in [2.05, 4.69) is 0 Å². The third kappa shape index (κ3) is 6.81. The molecule has 0 unspecified atom stereocenters. The zero-order valence-electron chi connectivity index (χ0n) is 11.3. The van der Waals surface area contributed by atoms with Crippen LogP contribution in [-0.4, -0.2) is 32.0 Å². The Hall–Kier alpha value is -0.380. The summed E-state index contributed by atoms with van der Waals surface area (Å²) in [6.07, 6.45) is 0.0938. The van der Waals surface area contributed by atoms with Gasteiger partial charge in [0.05, 0.1) is 24.8 Å². The summed E-state index contributed by atoms with van der Waals surface area (Å²) >= 11 is 0. The Balaban J connectivity index is 4.16. The largest absolute Gasteiger partial charge is 0.465 e. The highest BCUT2D eigenvalue weighted by atomic mass is 31.2. The van der Waals surface area contributed by atoms with Crippen LogP contribution in [0.2, 0.25) is 0 Å². The highest BCUT2D eigenvalue weighted by molar-refractivity contribution is 7.53. The monoisotopic (exact) mass is 266 g/mol. The van der Waals surface area contributed by atoms with E-state index in [0.717, 1.165) is 0 Å². The zero-order chi connectivity index (χ0) is 13.5. The predicted octanol–water partition coefficient (Wildman–Crippen LogP) is 2.84. The lowest BCUT2D eigenvalue weighted by Crippen LogP contribution is -2.24. The fourth-order valence-electron chi connectivity index (χ4n) is 1.03. The minimum atomic E-state index is -3.11. The van der Waals surface area contributed by atoms with Crippen molar-refractivity contribution in [3.8, 4) is 0 Å². The van der Waals surface area contributed by atoms with Crippen molar-refractivity contribution in [2.75, 3.05) is 26.0 Å². The Bertz CT molecular complexity index is 272. The normalized spacial score (nSPS) is 12.5. The van der Waals surface area contributed by atoms with Gasteiger partial charge in [-0.05, 0) is 34.6 Å². The second-order valence-electron chi connectivity index (χ2n) is 4.56. The van der Waals surface area contributed by atoms with Crippen LogP contribution in [0.25, 0.3) is 0 Å². The van der Waals surface area contributed by atoms with Gasteiger partial charge in [0.2, 0.25) is 0 Å². The Morgan fingerprint density at radius 1 is 1.12 bits per heavy atom. The predicted molar refractivity (Wildman–Crippen MR) is 66.1 cm³/mol. The number of hydrogen-bond acceptors (Lipinski definition) is 5. The first kappa shape index (κ1) is 16.6. The van der Waals surface area contributed by atoms with Crippen LogP contribution >= 0.6 is 7.60 Å². The molecule has 6 heteroatoms. The Morgan fingerprint density at radius 3 is 1.94 bits per heavy atom. The second-order valence-corrected chi connectivity index (χ2v) is 6.74. The molecule has 0 aliphatic heterocycles. The molecule has 5 nitrogen and oxygen atoms in total. The van der Waals surface area contributed by atoms with Gasteiger partial charge in [-0.3, -0.25) is 9.36 Å². The van der Waals surface area contributed by atoms with Gasteiger partial charge in [-0.15, -0.1) is 0 Å². The fourth-order valence-corrected chi connectivity index (χ4v) is 2.46. The van der Waals surface area contributed by atoms with E-state index in [1.807, 2.05) is 0 Å². The van der Waals surface area contributed by atoms with Crippen molar-refractivity contribution >= 4 is 13.6 Å². The van der Waals surface area contributed by atoms with E-state index in [1.54, 1.807) is 34.6 Å².